The molecule has 3 aromatic carbocycles. The molecule has 0 amide bonds. The van der Waals surface area contributed by atoms with E-state index in [0.717, 1.165) is 12.8 Å². The molecule has 4 rings (SSSR count). The molecular formula is C24H20. The third-order valence-electron chi connectivity index (χ3n) is 4.49. The van der Waals surface area contributed by atoms with Crippen molar-refractivity contribution in [3.63, 3.8) is 0 Å². The van der Waals surface area contributed by atoms with Gasteiger partial charge >= 0.3 is 0 Å². The van der Waals surface area contributed by atoms with E-state index in [0.29, 0.717) is 0 Å². The van der Waals surface area contributed by atoms with Gasteiger partial charge in [0, 0.05) is 0 Å². The largest absolute Gasteiger partial charge is 0.0836 e. The van der Waals surface area contributed by atoms with Crippen molar-refractivity contribution in [1.29, 1.82) is 0 Å². The normalized spacial score (nSPS) is 13.6. The van der Waals surface area contributed by atoms with Crippen molar-refractivity contribution in [2.24, 2.45) is 0 Å². The van der Waals surface area contributed by atoms with Crippen molar-refractivity contribution in [3.8, 4) is 22.3 Å². The Morgan fingerprint density at radius 1 is 0.500 bits per heavy atom. The highest BCUT2D eigenvalue weighted by molar-refractivity contribution is 5.79. The standard InChI is InChI=1S/C24H20/c1-3-9-19(10-4-1)21-13-7-15-23(17-21)24-16-8-14-22(18-24)20-11-5-2-6-12-20/h1,3-5,7-18H,2,6H2. The zero-order valence-corrected chi connectivity index (χ0v) is 13.7. The van der Waals surface area contributed by atoms with E-state index in [-0.39, 0.29) is 0 Å². The second-order valence-electron chi connectivity index (χ2n) is 6.17. The molecule has 0 bridgehead atoms. The van der Waals surface area contributed by atoms with Crippen molar-refractivity contribution in [2.75, 3.05) is 0 Å². The summed E-state index contributed by atoms with van der Waals surface area (Å²) in [6.07, 6.45) is 9.13. The van der Waals surface area contributed by atoms with Gasteiger partial charge in [-0.25, -0.2) is 0 Å². The minimum absolute atomic E-state index is 1.14. The Bertz CT molecular complexity index is 898. The highest BCUT2D eigenvalue weighted by Gasteiger charge is 2.05. The van der Waals surface area contributed by atoms with Crippen LogP contribution in [0, 0.1) is 0 Å². The zero-order valence-electron chi connectivity index (χ0n) is 13.7. The van der Waals surface area contributed by atoms with Crippen LogP contribution in [0.2, 0.25) is 0 Å². The van der Waals surface area contributed by atoms with Gasteiger partial charge in [0.05, 0.1) is 0 Å². The molecule has 0 saturated carbocycles. The quantitative estimate of drug-likeness (QED) is 0.502. The first-order valence-corrected chi connectivity index (χ1v) is 8.53. The second-order valence-corrected chi connectivity index (χ2v) is 6.17. The Morgan fingerprint density at radius 2 is 1.08 bits per heavy atom. The summed E-state index contributed by atoms with van der Waals surface area (Å²) in [5.74, 6) is 0. The number of allylic oxidation sites excluding steroid dienone is 4. The Labute approximate surface area is 143 Å². The first kappa shape index (κ1) is 14.7. The van der Waals surface area contributed by atoms with Crippen LogP contribution in [0.3, 0.4) is 0 Å². The average molecular weight is 308 g/mol. The molecule has 0 nitrogen and oxygen atoms in total. The van der Waals surface area contributed by atoms with Crippen LogP contribution in [0.5, 0.6) is 0 Å². The van der Waals surface area contributed by atoms with Gasteiger partial charge in [0.15, 0.2) is 0 Å². The molecule has 3 aromatic rings. The SMILES string of the molecule is C1=CC(c2cccc(-c3cccc(-c4ccccc4)c3)c2)=CCC1. The van der Waals surface area contributed by atoms with E-state index < -0.39 is 0 Å². The highest BCUT2D eigenvalue weighted by atomic mass is 14.1. The Hall–Kier alpha value is -2.86. The van der Waals surface area contributed by atoms with Gasteiger partial charge in [-0.3, -0.25) is 0 Å². The van der Waals surface area contributed by atoms with Crippen LogP contribution in [-0.4, -0.2) is 0 Å². The first-order chi connectivity index (χ1) is 11.9. The van der Waals surface area contributed by atoms with Gasteiger partial charge < -0.3 is 0 Å². The lowest BCUT2D eigenvalue weighted by molar-refractivity contribution is 1.04. The van der Waals surface area contributed by atoms with E-state index in [2.05, 4.69) is 97.1 Å². The Morgan fingerprint density at radius 3 is 1.75 bits per heavy atom. The smallest absolute Gasteiger partial charge is 0.0178 e. The summed E-state index contributed by atoms with van der Waals surface area (Å²) in [7, 11) is 0. The number of benzene rings is 3. The maximum Gasteiger partial charge on any atom is -0.0178 e. The van der Waals surface area contributed by atoms with Crippen LogP contribution in [0.15, 0.2) is 97.1 Å². The van der Waals surface area contributed by atoms with Gasteiger partial charge in [0.1, 0.15) is 0 Å². The summed E-state index contributed by atoms with van der Waals surface area (Å²) >= 11 is 0. The molecule has 0 heterocycles. The molecule has 24 heavy (non-hydrogen) atoms. The molecule has 0 unspecified atom stereocenters. The van der Waals surface area contributed by atoms with Gasteiger partial charge in [0.25, 0.3) is 0 Å². The van der Waals surface area contributed by atoms with Crippen LogP contribution in [0.1, 0.15) is 18.4 Å². The van der Waals surface area contributed by atoms with Crippen molar-refractivity contribution in [3.05, 3.63) is 103 Å². The number of rotatable bonds is 3. The van der Waals surface area contributed by atoms with Crippen molar-refractivity contribution < 1.29 is 0 Å². The molecule has 116 valence electrons. The summed E-state index contributed by atoms with van der Waals surface area (Å²) < 4.78 is 0. The fourth-order valence-electron chi connectivity index (χ4n) is 3.21. The fourth-order valence-corrected chi connectivity index (χ4v) is 3.21. The van der Waals surface area contributed by atoms with Gasteiger partial charge in [-0.1, -0.05) is 85.0 Å². The molecule has 0 atom stereocenters. The van der Waals surface area contributed by atoms with E-state index >= 15 is 0 Å². The summed E-state index contributed by atoms with van der Waals surface area (Å²) in [6.45, 7) is 0. The lowest BCUT2D eigenvalue weighted by Gasteiger charge is -2.10. The van der Waals surface area contributed by atoms with E-state index in [1.54, 1.807) is 0 Å². The first-order valence-electron chi connectivity index (χ1n) is 8.53. The molecule has 1 aliphatic rings. The summed E-state index contributed by atoms with van der Waals surface area (Å²) in [5.41, 5.74) is 7.68. The monoisotopic (exact) mass is 308 g/mol. The molecule has 1 aliphatic carbocycles. The Kier molecular flexibility index (Phi) is 4.12. The minimum Gasteiger partial charge on any atom is -0.0836 e. The highest BCUT2D eigenvalue weighted by Crippen LogP contribution is 2.29. The predicted molar refractivity (Wildman–Crippen MR) is 104 cm³/mol. The molecule has 0 heteroatoms. The van der Waals surface area contributed by atoms with Crippen LogP contribution < -0.4 is 0 Å². The maximum absolute atomic E-state index is 2.33. The third kappa shape index (κ3) is 3.09. The van der Waals surface area contributed by atoms with Crippen LogP contribution in [0.25, 0.3) is 27.8 Å². The summed E-state index contributed by atoms with van der Waals surface area (Å²) in [4.78, 5) is 0. The topological polar surface area (TPSA) is 0 Å². The lowest BCUT2D eigenvalue weighted by Crippen LogP contribution is -1.87. The lowest BCUT2D eigenvalue weighted by atomic mass is 9.94. The van der Waals surface area contributed by atoms with Crippen LogP contribution in [-0.2, 0) is 0 Å². The summed E-state index contributed by atoms with van der Waals surface area (Å²) in [5, 5.41) is 0. The maximum atomic E-state index is 2.33. The van der Waals surface area contributed by atoms with Gasteiger partial charge in [0.2, 0.25) is 0 Å². The van der Waals surface area contributed by atoms with Crippen molar-refractivity contribution >= 4 is 5.57 Å². The van der Waals surface area contributed by atoms with Crippen LogP contribution >= 0.6 is 0 Å². The molecule has 0 spiro atoms. The third-order valence-corrected chi connectivity index (χ3v) is 4.49. The van der Waals surface area contributed by atoms with E-state index in [1.165, 1.54) is 33.4 Å². The molecule has 0 saturated heterocycles. The minimum atomic E-state index is 1.14. The van der Waals surface area contributed by atoms with E-state index in [1.807, 2.05) is 0 Å². The zero-order chi connectivity index (χ0) is 16.2. The fraction of sp³-hybridized carbons (Fsp3) is 0.0833. The molecular weight excluding hydrogens is 288 g/mol. The van der Waals surface area contributed by atoms with Crippen molar-refractivity contribution in [1.82, 2.24) is 0 Å². The molecule has 0 fully saturated rings. The predicted octanol–water partition coefficient (Wildman–Crippen LogP) is 6.75. The summed E-state index contributed by atoms with van der Waals surface area (Å²) in [6, 6.07) is 28.2. The molecule has 0 aliphatic heterocycles. The van der Waals surface area contributed by atoms with E-state index in [9.17, 15) is 0 Å². The number of hydrogen-bond donors (Lipinski definition) is 0. The Balaban J connectivity index is 1.72. The molecule has 0 aromatic heterocycles. The molecule has 0 radical (unpaired) electrons. The van der Waals surface area contributed by atoms with Gasteiger partial charge in [-0.15, -0.1) is 0 Å². The van der Waals surface area contributed by atoms with Crippen molar-refractivity contribution in [2.45, 2.75) is 12.8 Å². The van der Waals surface area contributed by atoms with E-state index in [4.69, 9.17) is 0 Å². The van der Waals surface area contributed by atoms with Gasteiger partial charge in [-0.2, -0.15) is 0 Å². The second kappa shape index (κ2) is 6.72. The van der Waals surface area contributed by atoms with Gasteiger partial charge in [-0.05, 0) is 58.4 Å². The van der Waals surface area contributed by atoms with Crippen LogP contribution in [0.4, 0.5) is 0 Å². The average Bonchev–Trinajstić information content (AvgIpc) is 2.70. The number of hydrogen-bond acceptors (Lipinski definition) is 0. The molecule has 0 N–H and O–H groups in total.